The molecule has 2 aromatic rings. The minimum atomic E-state index is -1.05. The SMILES string of the molecule is COc1cccc(-c2cc(NC(=O)NC3CCC3)cs2)c1C(=O)O. The van der Waals surface area contributed by atoms with E-state index in [2.05, 4.69) is 10.6 Å². The molecule has 3 N–H and O–H groups in total. The number of thiophene rings is 1. The van der Waals surface area contributed by atoms with E-state index in [1.54, 1.807) is 29.6 Å². The fourth-order valence-electron chi connectivity index (χ4n) is 2.58. The number of carbonyl (C=O) groups is 2. The Morgan fingerprint density at radius 2 is 2.12 bits per heavy atom. The second kappa shape index (κ2) is 6.92. The molecule has 7 heteroatoms. The Balaban J connectivity index is 1.80. The average molecular weight is 346 g/mol. The van der Waals surface area contributed by atoms with Crippen molar-refractivity contribution in [3.63, 3.8) is 0 Å². The van der Waals surface area contributed by atoms with Crippen LogP contribution in [0.2, 0.25) is 0 Å². The van der Waals surface area contributed by atoms with E-state index in [1.165, 1.54) is 18.4 Å². The van der Waals surface area contributed by atoms with Crippen LogP contribution in [-0.2, 0) is 0 Å². The summed E-state index contributed by atoms with van der Waals surface area (Å²) < 4.78 is 5.15. The third-order valence-electron chi connectivity index (χ3n) is 4.02. The largest absolute Gasteiger partial charge is 0.496 e. The number of methoxy groups -OCH3 is 1. The summed E-state index contributed by atoms with van der Waals surface area (Å²) in [7, 11) is 1.44. The van der Waals surface area contributed by atoms with Crippen molar-refractivity contribution in [2.75, 3.05) is 12.4 Å². The van der Waals surface area contributed by atoms with E-state index in [0.717, 1.165) is 24.1 Å². The molecule has 0 spiro atoms. The summed E-state index contributed by atoms with van der Waals surface area (Å²) in [4.78, 5) is 24.2. The second-order valence-electron chi connectivity index (χ2n) is 5.61. The number of hydrogen-bond acceptors (Lipinski definition) is 4. The maximum atomic E-state index is 11.9. The molecule has 24 heavy (non-hydrogen) atoms. The van der Waals surface area contributed by atoms with Gasteiger partial charge >= 0.3 is 12.0 Å². The zero-order valence-electron chi connectivity index (χ0n) is 13.2. The highest BCUT2D eigenvalue weighted by Crippen LogP contribution is 2.36. The van der Waals surface area contributed by atoms with E-state index in [1.807, 2.05) is 0 Å². The van der Waals surface area contributed by atoms with Gasteiger partial charge in [0.1, 0.15) is 11.3 Å². The molecule has 1 heterocycles. The fourth-order valence-corrected chi connectivity index (χ4v) is 3.45. The van der Waals surface area contributed by atoms with Crippen LogP contribution in [0.3, 0.4) is 0 Å². The number of rotatable bonds is 5. The predicted octanol–water partition coefficient (Wildman–Crippen LogP) is 3.80. The molecule has 1 fully saturated rings. The highest BCUT2D eigenvalue weighted by atomic mass is 32.1. The molecule has 1 aromatic heterocycles. The van der Waals surface area contributed by atoms with Gasteiger partial charge in [0.2, 0.25) is 0 Å². The summed E-state index contributed by atoms with van der Waals surface area (Å²) in [5.41, 5.74) is 1.33. The molecule has 0 radical (unpaired) electrons. The number of carboxylic acids is 1. The normalized spacial score (nSPS) is 13.9. The van der Waals surface area contributed by atoms with Crippen molar-refractivity contribution < 1.29 is 19.4 Å². The number of anilines is 1. The Morgan fingerprint density at radius 1 is 1.33 bits per heavy atom. The number of hydrogen-bond donors (Lipinski definition) is 3. The van der Waals surface area contributed by atoms with Crippen molar-refractivity contribution in [1.29, 1.82) is 0 Å². The third-order valence-corrected chi connectivity index (χ3v) is 4.99. The molecule has 0 bridgehead atoms. The topological polar surface area (TPSA) is 87.7 Å². The van der Waals surface area contributed by atoms with Crippen molar-refractivity contribution in [3.8, 4) is 16.2 Å². The van der Waals surface area contributed by atoms with Gasteiger partial charge in [0.25, 0.3) is 0 Å². The lowest BCUT2D eigenvalue weighted by Gasteiger charge is -2.26. The van der Waals surface area contributed by atoms with Gasteiger partial charge in [0.15, 0.2) is 0 Å². The number of carbonyl (C=O) groups excluding carboxylic acids is 1. The van der Waals surface area contributed by atoms with Gasteiger partial charge in [-0.05, 0) is 31.4 Å². The van der Waals surface area contributed by atoms with Gasteiger partial charge in [-0.3, -0.25) is 0 Å². The number of urea groups is 1. The van der Waals surface area contributed by atoms with Crippen molar-refractivity contribution >= 4 is 29.0 Å². The monoisotopic (exact) mass is 346 g/mol. The van der Waals surface area contributed by atoms with Gasteiger partial charge in [-0.2, -0.15) is 0 Å². The summed E-state index contributed by atoms with van der Waals surface area (Å²) in [6.07, 6.45) is 3.20. The highest BCUT2D eigenvalue weighted by Gasteiger charge is 2.21. The molecule has 6 nitrogen and oxygen atoms in total. The number of amides is 2. The van der Waals surface area contributed by atoms with Gasteiger partial charge in [-0.25, -0.2) is 9.59 Å². The molecule has 1 aliphatic rings. The van der Waals surface area contributed by atoms with Gasteiger partial charge in [-0.15, -0.1) is 11.3 Å². The van der Waals surface area contributed by atoms with Crippen LogP contribution in [0.5, 0.6) is 5.75 Å². The molecule has 0 unspecified atom stereocenters. The van der Waals surface area contributed by atoms with Crippen LogP contribution in [0, 0.1) is 0 Å². The van der Waals surface area contributed by atoms with Crippen LogP contribution in [-0.4, -0.2) is 30.3 Å². The van der Waals surface area contributed by atoms with Crippen LogP contribution < -0.4 is 15.4 Å². The molecular formula is C17H18N2O4S. The van der Waals surface area contributed by atoms with E-state index in [9.17, 15) is 14.7 Å². The molecule has 1 aliphatic carbocycles. The third kappa shape index (κ3) is 3.35. The predicted molar refractivity (Wildman–Crippen MR) is 93.1 cm³/mol. The summed E-state index contributed by atoms with van der Waals surface area (Å²) in [5.74, 6) is -0.737. The maximum Gasteiger partial charge on any atom is 0.340 e. The number of ether oxygens (including phenoxy) is 1. The highest BCUT2D eigenvalue weighted by molar-refractivity contribution is 7.14. The lowest BCUT2D eigenvalue weighted by Crippen LogP contribution is -2.41. The Labute approximate surface area is 143 Å². The lowest BCUT2D eigenvalue weighted by atomic mass is 9.93. The first-order valence-electron chi connectivity index (χ1n) is 7.65. The molecule has 0 atom stereocenters. The van der Waals surface area contributed by atoms with E-state index >= 15 is 0 Å². The van der Waals surface area contributed by atoms with Crippen LogP contribution in [0.1, 0.15) is 29.6 Å². The van der Waals surface area contributed by atoms with Crippen molar-refractivity contribution in [2.45, 2.75) is 25.3 Å². The first kappa shape index (κ1) is 16.3. The van der Waals surface area contributed by atoms with Crippen molar-refractivity contribution in [2.24, 2.45) is 0 Å². The van der Waals surface area contributed by atoms with E-state index in [0.29, 0.717) is 17.0 Å². The Morgan fingerprint density at radius 3 is 2.75 bits per heavy atom. The zero-order valence-corrected chi connectivity index (χ0v) is 14.0. The lowest BCUT2D eigenvalue weighted by molar-refractivity contribution is 0.0694. The Kier molecular flexibility index (Phi) is 4.71. The quantitative estimate of drug-likeness (QED) is 0.768. The maximum absolute atomic E-state index is 11.9. The summed E-state index contributed by atoms with van der Waals surface area (Å²) in [5, 5.41) is 17.0. The van der Waals surface area contributed by atoms with Crippen LogP contribution in [0.25, 0.3) is 10.4 Å². The Bertz CT molecular complexity index is 768. The van der Waals surface area contributed by atoms with E-state index < -0.39 is 5.97 Å². The number of carboxylic acid groups (broad SMARTS) is 1. The first-order chi connectivity index (χ1) is 11.6. The van der Waals surface area contributed by atoms with E-state index in [4.69, 9.17) is 4.74 Å². The molecule has 1 aromatic carbocycles. The minimum Gasteiger partial charge on any atom is -0.496 e. The Hall–Kier alpha value is -2.54. The molecule has 3 rings (SSSR count). The smallest absolute Gasteiger partial charge is 0.340 e. The standard InChI is InChI=1S/C17H18N2O4S/c1-23-13-7-3-6-12(15(13)16(20)21)14-8-11(9-24-14)19-17(22)18-10-4-2-5-10/h3,6-10H,2,4-5H2,1H3,(H,20,21)(H2,18,19,22). The number of aromatic carboxylic acids is 1. The second-order valence-corrected chi connectivity index (χ2v) is 6.53. The summed E-state index contributed by atoms with van der Waals surface area (Å²) in [6, 6.07) is 6.90. The molecular weight excluding hydrogens is 328 g/mol. The summed E-state index contributed by atoms with van der Waals surface area (Å²) in [6.45, 7) is 0. The number of benzene rings is 1. The first-order valence-corrected chi connectivity index (χ1v) is 8.53. The van der Waals surface area contributed by atoms with Gasteiger partial charge < -0.3 is 20.5 Å². The van der Waals surface area contributed by atoms with Crippen LogP contribution >= 0.6 is 11.3 Å². The van der Waals surface area contributed by atoms with E-state index in [-0.39, 0.29) is 17.6 Å². The minimum absolute atomic E-state index is 0.118. The summed E-state index contributed by atoms with van der Waals surface area (Å²) >= 11 is 1.37. The molecule has 0 saturated heterocycles. The molecule has 2 amide bonds. The van der Waals surface area contributed by atoms with Gasteiger partial charge in [0.05, 0.1) is 12.8 Å². The van der Waals surface area contributed by atoms with Gasteiger partial charge in [-0.1, -0.05) is 12.1 Å². The molecule has 1 saturated carbocycles. The van der Waals surface area contributed by atoms with Crippen molar-refractivity contribution in [1.82, 2.24) is 5.32 Å². The van der Waals surface area contributed by atoms with Gasteiger partial charge in [0, 0.05) is 21.9 Å². The fraction of sp³-hybridized carbons (Fsp3) is 0.294. The molecule has 0 aliphatic heterocycles. The number of nitrogens with one attached hydrogen (secondary N) is 2. The van der Waals surface area contributed by atoms with Crippen LogP contribution in [0.4, 0.5) is 10.5 Å². The van der Waals surface area contributed by atoms with Crippen molar-refractivity contribution in [3.05, 3.63) is 35.2 Å². The average Bonchev–Trinajstić information content (AvgIpc) is 2.98. The zero-order chi connectivity index (χ0) is 17.1. The molecule has 126 valence electrons. The van der Waals surface area contributed by atoms with Crippen LogP contribution in [0.15, 0.2) is 29.6 Å².